The number of carbonyl (C=O) groups is 1. The predicted octanol–water partition coefficient (Wildman–Crippen LogP) is 4.43. The molecule has 5 nitrogen and oxygen atoms in total. The molecule has 0 radical (unpaired) electrons. The van der Waals surface area contributed by atoms with E-state index in [4.69, 9.17) is 14.6 Å². The minimum absolute atomic E-state index is 0.0558. The lowest BCUT2D eigenvalue weighted by molar-refractivity contribution is -0.140. The first-order chi connectivity index (χ1) is 12.2. The van der Waals surface area contributed by atoms with E-state index in [2.05, 4.69) is 4.98 Å². The highest BCUT2D eigenvalue weighted by atomic mass is 32.1. The van der Waals surface area contributed by atoms with Gasteiger partial charge in [0.25, 0.3) is 0 Å². The highest BCUT2D eigenvalue weighted by Gasteiger charge is 2.15. The minimum atomic E-state index is -0.880. The van der Waals surface area contributed by atoms with E-state index in [0.717, 1.165) is 20.8 Å². The zero-order valence-corrected chi connectivity index (χ0v) is 14.7. The van der Waals surface area contributed by atoms with E-state index < -0.39 is 12.1 Å². The van der Waals surface area contributed by atoms with Crippen LogP contribution in [0.2, 0.25) is 0 Å². The van der Waals surface area contributed by atoms with Crippen molar-refractivity contribution in [2.45, 2.75) is 26.1 Å². The molecular formula is C19H19NO4S. The molecule has 0 unspecified atom stereocenters. The fraction of sp³-hybridized carbons (Fsp3) is 0.263. The molecule has 1 heterocycles. The van der Waals surface area contributed by atoms with Gasteiger partial charge in [0, 0.05) is 6.61 Å². The van der Waals surface area contributed by atoms with Crippen LogP contribution >= 0.6 is 11.3 Å². The van der Waals surface area contributed by atoms with Crippen molar-refractivity contribution in [2.24, 2.45) is 0 Å². The molecule has 25 heavy (non-hydrogen) atoms. The Morgan fingerprint density at radius 2 is 1.96 bits per heavy atom. The number of carboxylic acid groups (broad SMARTS) is 1. The second-order valence-electron chi connectivity index (χ2n) is 5.47. The Kier molecular flexibility index (Phi) is 5.63. The van der Waals surface area contributed by atoms with Crippen molar-refractivity contribution < 1.29 is 19.4 Å². The summed E-state index contributed by atoms with van der Waals surface area (Å²) in [7, 11) is 0. The van der Waals surface area contributed by atoms with Gasteiger partial charge in [-0.25, -0.2) is 4.98 Å². The summed E-state index contributed by atoms with van der Waals surface area (Å²) in [6.07, 6.45) is -0.499. The number of rotatable bonds is 8. The number of benzene rings is 2. The van der Waals surface area contributed by atoms with Crippen LogP contribution in [-0.4, -0.2) is 22.7 Å². The van der Waals surface area contributed by atoms with Crippen LogP contribution in [0.5, 0.6) is 5.75 Å². The topological polar surface area (TPSA) is 68.7 Å². The summed E-state index contributed by atoms with van der Waals surface area (Å²) in [4.78, 5) is 15.5. The normalized spacial score (nSPS) is 12.2. The van der Waals surface area contributed by atoms with E-state index in [0.29, 0.717) is 19.0 Å². The molecule has 1 atom stereocenters. The fourth-order valence-corrected chi connectivity index (χ4v) is 3.42. The molecule has 0 bridgehead atoms. The summed E-state index contributed by atoms with van der Waals surface area (Å²) in [5.74, 6) is -0.164. The van der Waals surface area contributed by atoms with Gasteiger partial charge in [-0.3, -0.25) is 4.79 Å². The molecular weight excluding hydrogens is 338 g/mol. The molecule has 0 aliphatic rings. The second kappa shape index (κ2) is 8.09. The van der Waals surface area contributed by atoms with E-state index in [-0.39, 0.29) is 6.42 Å². The number of ether oxygens (including phenoxy) is 2. The molecule has 0 spiro atoms. The van der Waals surface area contributed by atoms with Crippen molar-refractivity contribution in [3.8, 4) is 5.75 Å². The third kappa shape index (κ3) is 4.55. The Bertz CT molecular complexity index is 811. The first-order valence-electron chi connectivity index (χ1n) is 8.06. The maximum absolute atomic E-state index is 10.9. The Balaban J connectivity index is 1.64. The number of thiazole rings is 1. The number of para-hydroxylation sites is 1. The van der Waals surface area contributed by atoms with Gasteiger partial charge in [0.05, 0.1) is 22.7 Å². The van der Waals surface area contributed by atoms with Crippen LogP contribution in [0.1, 0.15) is 30.0 Å². The van der Waals surface area contributed by atoms with Crippen molar-refractivity contribution in [3.05, 3.63) is 59.1 Å². The molecule has 0 fully saturated rings. The van der Waals surface area contributed by atoms with Gasteiger partial charge < -0.3 is 14.6 Å². The molecule has 0 amide bonds. The maximum atomic E-state index is 10.9. The maximum Gasteiger partial charge on any atom is 0.306 e. The molecule has 1 N–H and O–H groups in total. The van der Waals surface area contributed by atoms with Crippen molar-refractivity contribution in [2.75, 3.05) is 6.61 Å². The SMILES string of the molecule is CCO[C@H](CC(=O)O)c1ccc(OCc2nc3ccccc3s2)cc1. The zero-order chi connectivity index (χ0) is 17.6. The third-order valence-corrected chi connectivity index (χ3v) is 4.69. The molecule has 0 saturated carbocycles. The summed E-state index contributed by atoms with van der Waals surface area (Å²) < 4.78 is 12.4. The monoisotopic (exact) mass is 357 g/mol. The van der Waals surface area contributed by atoms with Crippen LogP contribution in [0, 0.1) is 0 Å². The van der Waals surface area contributed by atoms with Crippen molar-refractivity contribution >= 4 is 27.5 Å². The molecule has 0 aliphatic carbocycles. The molecule has 2 aromatic carbocycles. The second-order valence-corrected chi connectivity index (χ2v) is 6.59. The van der Waals surface area contributed by atoms with Gasteiger partial charge >= 0.3 is 5.97 Å². The average molecular weight is 357 g/mol. The summed E-state index contributed by atoms with van der Waals surface area (Å²) in [6, 6.07) is 15.3. The third-order valence-electron chi connectivity index (χ3n) is 3.68. The van der Waals surface area contributed by atoms with Crippen LogP contribution in [0.4, 0.5) is 0 Å². The summed E-state index contributed by atoms with van der Waals surface area (Å²) in [6.45, 7) is 2.72. The summed E-state index contributed by atoms with van der Waals surface area (Å²) in [5, 5.41) is 9.91. The van der Waals surface area contributed by atoms with Crippen LogP contribution in [0.25, 0.3) is 10.2 Å². The van der Waals surface area contributed by atoms with Crippen LogP contribution in [0.3, 0.4) is 0 Å². The first-order valence-corrected chi connectivity index (χ1v) is 8.88. The van der Waals surface area contributed by atoms with Gasteiger partial charge in [0.2, 0.25) is 0 Å². The predicted molar refractivity (Wildman–Crippen MR) is 97.0 cm³/mol. The number of hydrogen-bond acceptors (Lipinski definition) is 5. The summed E-state index contributed by atoms with van der Waals surface area (Å²) in [5.41, 5.74) is 1.81. The molecule has 0 saturated heterocycles. The molecule has 1 aromatic heterocycles. The molecule has 130 valence electrons. The number of aromatic nitrogens is 1. The number of carboxylic acids is 1. The van der Waals surface area contributed by atoms with E-state index in [1.165, 1.54) is 0 Å². The van der Waals surface area contributed by atoms with Gasteiger partial charge in [0.15, 0.2) is 0 Å². The number of fused-ring (bicyclic) bond motifs is 1. The van der Waals surface area contributed by atoms with E-state index >= 15 is 0 Å². The van der Waals surface area contributed by atoms with E-state index in [1.807, 2.05) is 55.5 Å². The Labute approximate surface area is 149 Å². The number of hydrogen-bond donors (Lipinski definition) is 1. The van der Waals surface area contributed by atoms with E-state index in [1.54, 1.807) is 11.3 Å². The number of aliphatic carboxylic acids is 1. The molecule has 6 heteroatoms. The molecule has 3 rings (SSSR count). The van der Waals surface area contributed by atoms with Gasteiger partial charge in [-0.15, -0.1) is 11.3 Å². The minimum Gasteiger partial charge on any atom is -0.486 e. The van der Waals surface area contributed by atoms with Gasteiger partial charge in [0.1, 0.15) is 17.4 Å². The Hall–Kier alpha value is -2.44. The van der Waals surface area contributed by atoms with E-state index in [9.17, 15) is 4.79 Å². The average Bonchev–Trinajstić information content (AvgIpc) is 3.03. The highest BCUT2D eigenvalue weighted by Crippen LogP contribution is 2.26. The van der Waals surface area contributed by atoms with Gasteiger partial charge in [-0.1, -0.05) is 24.3 Å². The van der Waals surface area contributed by atoms with Crippen molar-refractivity contribution in [1.82, 2.24) is 4.98 Å². The largest absolute Gasteiger partial charge is 0.486 e. The molecule has 0 aliphatic heterocycles. The van der Waals surface area contributed by atoms with Crippen LogP contribution in [0.15, 0.2) is 48.5 Å². The smallest absolute Gasteiger partial charge is 0.306 e. The quantitative estimate of drug-likeness (QED) is 0.646. The first kappa shape index (κ1) is 17.4. The lowest BCUT2D eigenvalue weighted by Gasteiger charge is -2.15. The zero-order valence-electron chi connectivity index (χ0n) is 13.8. The Morgan fingerprint density at radius 3 is 2.64 bits per heavy atom. The standard InChI is InChI=1S/C19H19NO4S/c1-2-23-16(11-19(21)22)13-7-9-14(10-8-13)24-12-18-20-15-5-3-4-6-17(15)25-18/h3-10,16H,2,11-12H2,1H3,(H,21,22)/t16-/m1/s1. The van der Waals surface area contributed by atoms with Crippen LogP contribution in [-0.2, 0) is 16.1 Å². The number of nitrogens with zero attached hydrogens (tertiary/aromatic N) is 1. The fourth-order valence-electron chi connectivity index (χ4n) is 2.54. The lowest BCUT2D eigenvalue weighted by Crippen LogP contribution is -2.10. The van der Waals surface area contributed by atoms with Gasteiger partial charge in [-0.05, 0) is 36.8 Å². The van der Waals surface area contributed by atoms with Crippen molar-refractivity contribution in [1.29, 1.82) is 0 Å². The molecule has 3 aromatic rings. The van der Waals surface area contributed by atoms with Crippen molar-refractivity contribution in [3.63, 3.8) is 0 Å². The van der Waals surface area contributed by atoms with Crippen LogP contribution < -0.4 is 4.74 Å². The Morgan fingerprint density at radius 1 is 1.20 bits per heavy atom. The summed E-state index contributed by atoms with van der Waals surface area (Å²) >= 11 is 1.62. The lowest BCUT2D eigenvalue weighted by atomic mass is 10.1. The highest BCUT2D eigenvalue weighted by molar-refractivity contribution is 7.18. The van der Waals surface area contributed by atoms with Gasteiger partial charge in [-0.2, -0.15) is 0 Å².